The van der Waals surface area contributed by atoms with Gasteiger partial charge in [0.05, 0.1) is 17.5 Å². The topological polar surface area (TPSA) is 66.5 Å². The zero-order chi connectivity index (χ0) is 20.0. The number of amides is 1. The number of nitrogens with one attached hydrogen (secondary N) is 1. The highest BCUT2D eigenvalue weighted by Crippen LogP contribution is 2.21. The maximum absolute atomic E-state index is 12.7. The molecule has 0 saturated carbocycles. The first-order chi connectivity index (χ1) is 12.7. The van der Waals surface area contributed by atoms with E-state index in [-0.39, 0.29) is 23.4 Å². The molecule has 0 spiro atoms. The predicted octanol–water partition coefficient (Wildman–Crippen LogP) is 3.52. The van der Waals surface area contributed by atoms with E-state index in [0.29, 0.717) is 5.92 Å². The van der Waals surface area contributed by atoms with Crippen molar-refractivity contribution in [1.82, 2.24) is 9.62 Å². The van der Waals surface area contributed by atoms with Gasteiger partial charge < -0.3 is 5.32 Å². The van der Waals surface area contributed by atoms with Crippen LogP contribution in [0.1, 0.15) is 37.4 Å². The van der Waals surface area contributed by atoms with E-state index in [9.17, 15) is 13.2 Å². The molecule has 5 nitrogen and oxygen atoms in total. The number of hydrogen-bond donors (Lipinski definition) is 1. The van der Waals surface area contributed by atoms with Crippen LogP contribution >= 0.6 is 0 Å². The van der Waals surface area contributed by atoms with Gasteiger partial charge in [-0.3, -0.25) is 4.79 Å². The van der Waals surface area contributed by atoms with Gasteiger partial charge in [-0.15, -0.1) is 0 Å². The number of sulfonamides is 1. The number of rotatable bonds is 8. The van der Waals surface area contributed by atoms with Gasteiger partial charge in [-0.1, -0.05) is 61.9 Å². The molecule has 1 atom stereocenters. The Labute approximate surface area is 162 Å². The lowest BCUT2D eigenvalue weighted by Crippen LogP contribution is -2.40. The number of carbonyl (C=O) groups excluding carboxylic acids is 1. The van der Waals surface area contributed by atoms with E-state index < -0.39 is 10.0 Å². The number of benzene rings is 2. The maximum atomic E-state index is 12.7. The molecule has 0 aliphatic rings. The normalized spacial score (nSPS) is 13.0. The smallest absolute Gasteiger partial charge is 0.243 e. The van der Waals surface area contributed by atoms with E-state index in [4.69, 9.17) is 0 Å². The Kier molecular flexibility index (Phi) is 7.16. The van der Waals surface area contributed by atoms with Crippen LogP contribution in [0.4, 0.5) is 0 Å². The molecule has 2 aromatic carbocycles. The van der Waals surface area contributed by atoms with Crippen molar-refractivity contribution in [1.29, 1.82) is 0 Å². The lowest BCUT2D eigenvalue weighted by Gasteiger charge is -2.23. The first kappa shape index (κ1) is 21.1. The lowest BCUT2D eigenvalue weighted by atomic mass is 9.97. The van der Waals surface area contributed by atoms with Crippen molar-refractivity contribution in [2.45, 2.75) is 38.1 Å². The molecule has 6 heteroatoms. The zero-order valence-electron chi connectivity index (χ0n) is 16.3. The molecular weight excluding hydrogens is 360 g/mol. The largest absolute Gasteiger partial charge is 0.348 e. The van der Waals surface area contributed by atoms with Gasteiger partial charge in [0.1, 0.15) is 0 Å². The molecule has 1 N–H and O–H groups in total. The summed E-state index contributed by atoms with van der Waals surface area (Å²) in [5.74, 6) is 0.0761. The molecule has 0 radical (unpaired) electrons. The average Bonchev–Trinajstić information content (AvgIpc) is 2.61. The number of nitrogens with zero attached hydrogens (tertiary/aromatic N) is 1. The fourth-order valence-electron chi connectivity index (χ4n) is 2.85. The van der Waals surface area contributed by atoms with Gasteiger partial charge in [0.15, 0.2) is 0 Å². The Morgan fingerprint density at radius 2 is 1.63 bits per heavy atom. The molecule has 2 rings (SSSR count). The molecule has 0 heterocycles. The predicted molar refractivity (Wildman–Crippen MR) is 108 cm³/mol. The molecule has 1 amide bonds. The standard InChI is InChI=1S/C21H28N2O3S/c1-16(2)14-20(18-8-6-5-7-9-18)22-21(24)15-23(4)27(25,26)19-12-10-17(3)11-13-19/h5-13,16,20H,14-15H2,1-4H3,(H,22,24). The first-order valence-corrected chi connectivity index (χ1v) is 10.5. The summed E-state index contributed by atoms with van der Waals surface area (Å²) in [7, 11) is -2.28. The van der Waals surface area contributed by atoms with Crippen LogP contribution < -0.4 is 5.32 Å². The summed E-state index contributed by atoms with van der Waals surface area (Å²) in [6, 6.07) is 16.2. The van der Waals surface area contributed by atoms with E-state index in [1.807, 2.05) is 37.3 Å². The number of aryl methyl sites for hydroxylation is 1. The van der Waals surface area contributed by atoms with Crippen molar-refractivity contribution >= 4 is 15.9 Å². The molecule has 146 valence electrons. The molecule has 0 aromatic heterocycles. The molecule has 0 saturated heterocycles. The Balaban J connectivity index is 2.09. The van der Waals surface area contributed by atoms with Crippen molar-refractivity contribution in [3.05, 3.63) is 65.7 Å². The second kappa shape index (κ2) is 9.15. The van der Waals surface area contributed by atoms with E-state index >= 15 is 0 Å². The molecule has 0 fully saturated rings. The average molecular weight is 389 g/mol. The molecule has 2 aromatic rings. The van der Waals surface area contributed by atoms with E-state index in [2.05, 4.69) is 19.2 Å². The van der Waals surface area contributed by atoms with Crippen molar-refractivity contribution in [3.8, 4) is 0 Å². The van der Waals surface area contributed by atoms with Gasteiger partial charge >= 0.3 is 0 Å². The molecule has 0 bridgehead atoms. The molecule has 0 aliphatic carbocycles. The van der Waals surface area contributed by atoms with Crippen LogP contribution in [0.2, 0.25) is 0 Å². The fourth-order valence-corrected chi connectivity index (χ4v) is 3.98. The highest BCUT2D eigenvalue weighted by Gasteiger charge is 2.24. The van der Waals surface area contributed by atoms with Gasteiger partial charge in [-0.25, -0.2) is 8.42 Å². The maximum Gasteiger partial charge on any atom is 0.243 e. The number of hydrogen-bond acceptors (Lipinski definition) is 3. The zero-order valence-corrected chi connectivity index (χ0v) is 17.2. The molecule has 27 heavy (non-hydrogen) atoms. The van der Waals surface area contributed by atoms with Crippen LogP contribution in [-0.2, 0) is 14.8 Å². The summed E-state index contributed by atoms with van der Waals surface area (Å²) in [4.78, 5) is 12.7. The third kappa shape index (κ3) is 5.91. The van der Waals surface area contributed by atoms with Gasteiger partial charge in [-0.05, 0) is 37.0 Å². The second-order valence-corrected chi connectivity index (χ2v) is 9.28. The number of likely N-dealkylation sites (N-methyl/N-ethyl adjacent to an activating group) is 1. The highest BCUT2D eigenvalue weighted by molar-refractivity contribution is 7.89. The summed E-state index contributed by atoms with van der Waals surface area (Å²) in [5.41, 5.74) is 2.00. The highest BCUT2D eigenvalue weighted by atomic mass is 32.2. The van der Waals surface area contributed by atoms with Gasteiger partial charge in [0, 0.05) is 7.05 Å². The van der Waals surface area contributed by atoms with Crippen LogP contribution in [0.25, 0.3) is 0 Å². The van der Waals surface area contributed by atoms with Crippen molar-refractivity contribution in [2.24, 2.45) is 5.92 Å². The van der Waals surface area contributed by atoms with Crippen LogP contribution in [0, 0.1) is 12.8 Å². The van der Waals surface area contributed by atoms with E-state index in [0.717, 1.165) is 21.9 Å². The van der Waals surface area contributed by atoms with Crippen LogP contribution in [0.5, 0.6) is 0 Å². The molecular formula is C21H28N2O3S. The minimum absolute atomic E-state index is 0.144. The molecule has 1 unspecified atom stereocenters. The second-order valence-electron chi connectivity index (χ2n) is 7.23. The van der Waals surface area contributed by atoms with Gasteiger partial charge in [0.25, 0.3) is 0 Å². The monoisotopic (exact) mass is 388 g/mol. The summed E-state index contributed by atoms with van der Waals surface area (Å²) < 4.78 is 26.4. The SMILES string of the molecule is Cc1ccc(S(=O)(=O)N(C)CC(=O)NC(CC(C)C)c2ccccc2)cc1. The fraction of sp³-hybridized carbons (Fsp3) is 0.381. The summed E-state index contributed by atoms with van der Waals surface area (Å²) in [6.07, 6.45) is 0.782. The van der Waals surface area contributed by atoms with Gasteiger partial charge in [0.2, 0.25) is 15.9 Å². The first-order valence-electron chi connectivity index (χ1n) is 9.07. The van der Waals surface area contributed by atoms with E-state index in [1.165, 1.54) is 7.05 Å². The summed E-state index contributed by atoms with van der Waals surface area (Å²) >= 11 is 0. The van der Waals surface area contributed by atoms with Crippen molar-refractivity contribution < 1.29 is 13.2 Å². The quantitative estimate of drug-likeness (QED) is 0.752. The van der Waals surface area contributed by atoms with Crippen LogP contribution in [-0.4, -0.2) is 32.2 Å². The van der Waals surface area contributed by atoms with Crippen LogP contribution in [0.15, 0.2) is 59.5 Å². The lowest BCUT2D eigenvalue weighted by molar-refractivity contribution is -0.122. The Morgan fingerprint density at radius 1 is 1.04 bits per heavy atom. The van der Waals surface area contributed by atoms with Crippen molar-refractivity contribution in [2.75, 3.05) is 13.6 Å². The minimum Gasteiger partial charge on any atom is -0.348 e. The Bertz CT molecular complexity index is 847. The van der Waals surface area contributed by atoms with Crippen molar-refractivity contribution in [3.63, 3.8) is 0 Å². The summed E-state index contributed by atoms with van der Waals surface area (Å²) in [6.45, 7) is 5.86. The molecule has 0 aliphatic heterocycles. The van der Waals surface area contributed by atoms with Crippen LogP contribution in [0.3, 0.4) is 0 Å². The van der Waals surface area contributed by atoms with E-state index in [1.54, 1.807) is 24.3 Å². The van der Waals surface area contributed by atoms with Gasteiger partial charge in [-0.2, -0.15) is 4.31 Å². The third-order valence-corrected chi connectivity index (χ3v) is 6.16. The minimum atomic E-state index is -3.70. The Hall–Kier alpha value is -2.18. The Morgan fingerprint density at radius 3 is 2.19 bits per heavy atom. The third-order valence-electron chi connectivity index (χ3n) is 4.34. The number of carbonyl (C=O) groups is 1. The summed E-state index contributed by atoms with van der Waals surface area (Å²) in [5, 5.41) is 2.98.